The van der Waals surface area contributed by atoms with E-state index in [1.54, 1.807) is 0 Å². The Hall–Kier alpha value is -2.78. The van der Waals surface area contributed by atoms with Crippen LogP contribution in [0.2, 0.25) is 0 Å². The first-order chi connectivity index (χ1) is 17.5. The number of hydrogen-bond acceptors (Lipinski definition) is 7. The Morgan fingerprint density at radius 3 is 2.13 bits per heavy atom. The molecule has 0 saturated carbocycles. The maximum absolute atomic E-state index is 10.6. The molecule has 1 unspecified atom stereocenters. The lowest BCUT2D eigenvalue weighted by Gasteiger charge is -2.47. The van der Waals surface area contributed by atoms with E-state index < -0.39 is 24.3 Å². The number of carbonyl (C=O) groups is 2. The summed E-state index contributed by atoms with van der Waals surface area (Å²) in [5.74, 6) is -2.35. The number of carboxylic acid groups (broad SMARTS) is 2. The standard InChI is InChI=1S/C19H24N2O2S.2C2HF3O2/c1-14-4-3-5-16(20-14)10-22-18-8-19(24-11-18)12-21(13-19)9-17-7-6-15(2)23-17;2*3-2(4,5)1(6)7/h3-7,18H,8-13H2,1-2H3;2*(H,6,7). The van der Waals surface area contributed by atoms with Crippen LogP contribution in [0.25, 0.3) is 0 Å². The molecule has 2 aromatic rings. The van der Waals surface area contributed by atoms with Gasteiger partial charge in [0, 0.05) is 29.3 Å². The van der Waals surface area contributed by atoms with Crippen LogP contribution in [0.15, 0.2) is 34.7 Å². The van der Waals surface area contributed by atoms with Crippen molar-refractivity contribution >= 4 is 23.7 Å². The molecule has 2 aliphatic rings. The Kier molecular flexibility index (Phi) is 10.6. The number of thioether (sulfide) groups is 1. The zero-order chi connectivity index (χ0) is 28.7. The lowest BCUT2D eigenvalue weighted by atomic mass is 9.93. The van der Waals surface area contributed by atoms with Crippen LogP contribution in [0.4, 0.5) is 26.3 Å². The molecule has 2 aromatic heterocycles. The predicted molar refractivity (Wildman–Crippen MR) is 123 cm³/mol. The minimum absolute atomic E-state index is 0.352. The van der Waals surface area contributed by atoms with Crippen LogP contribution >= 0.6 is 11.8 Å². The van der Waals surface area contributed by atoms with E-state index in [1.807, 2.05) is 38.1 Å². The van der Waals surface area contributed by atoms with E-state index in [4.69, 9.17) is 29.0 Å². The molecule has 8 nitrogen and oxygen atoms in total. The van der Waals surface area contributed by atoms with Crippen LogP contribution < -0.4 is 0 Å². The number of likely N-dealkylation sites (tertiary alicyclic amines) is 1. The fraction of sp³-hybridized carbons (Fsp3) is 0.522. The van der Waals surface area contributed by atoms with Crippen molar-refractivity contribution in [3.05, 3.63) is 53.2 Å². The molecule has 2 saturated heterocycles. The third-order valence-corrected chi connectivity index (χ3v) is 6.85. The number of ether oxygens (including phenoxy) is 1. The molecule has 2 N–H and O–H groups in total. The molecular formula is C23H26F6N2O6S. The van der Waals surface area contributed by atoms with Gasteiger partial charge in [0.15, 0.2) is 0 Å². The van der Waals surface area contributed by atoms with Gasteiger partial charge in [0.25, 0.3) is 0 Å². The van der Waals surface area contributed by atoms with Crippen molar-refractivity contribution in [2.45, 2.75) is 56.6 Å². The van der Waals surface area contributed by atoms with E-state index in [2.05, 4.69) is 27.7 Å². The Morgan fingerprint density at radius 1 is 1.08 bits per heavy atom. The molecule has 0 amide bonds. The summed E-state index contributed by atoms with van der Waals surface area (Å²) in [5, 5.41) is 14.2. The molecule has 15 heteroatoms. The number of pyridine rings is 1. The highest BCUT2D eigenvalue weighted by molar-refractivity contribution is 8.01. The van der Waals surface area contributed by atoms with Crippen molar-refractivity contribution in [3.63, 3.8) is 0 Å². The van der Waals surface area contributed by atoms with Gasteiger partial charge in [0.1, 0.15) is 11.5 Å². The van der Waals surface area contributed by atoms with Gasteiger partial charge >= 0.3 is 24.3 Å². The highest BCUT2D eigenvalue weighted by Crippen LogP contribution is 2.46. The number of furan rings is 1. The molecule has 1 spiro atoms. The van der Waals surface area contributed by atoms with Crippen molar-refractivity contribution in [3.8, 4) is 0 Å². The first kappa shape index (κ1) is 31.4. The maximum Gasteiger partial charge on any atom is 0.490 e. The second-order valence-corrected chi connectivity index (χ2v) is 10.2. The van der Waals surface area contributed by atoms with Crippen molar-refractivity contribution in [2.75, 3.05) is 18.8 Å². The van der Waals surface area contributed by atoms with Crippen LogP contribution in [0.5, 0.6) is 0 Å². The van der Waals surface area contributed by atoms with E-state index in [-0.39, 0.29) is 0 Å². The smallest absolute Gasteiger partial charge is 0.475 e. The van der Waals surface area contributed by atoms with E-state index in [0.717, 1.165) is 54.7 Å². The second-order valence-electron chi connectivity index (χ2n) is 8.66. The molecule has 0 radical (unpaired) electrons. The Labute approximate surface area is 218 Å². The van der Waals surface area contributed by atoms with Gasteiger partial charge in [0.2, 0.25) is 0 Å². The Morgan fingerprint density at radius 2 is 1.66 bits per heavy atom. The second kappa shape index (κ2) is 12.8. The van der Waals surface area contributed by atoms with Gasteiger partial charge in [0.05, 0.1) is 24.9 Å². The first-order valence-corrected chi connectivity index (χ1v) is 12.0. The quantitative estimate of drug-likeness (QED) is 0.487. The topological polar surface area (TPSA) is 113 Å². The summed E-state index contributed by atoms with van der Waals surface area (Å²) in [6, 6.07) is 10.2. The number of aliphatic carboxylic acids is 2. The van der Waals surface area contributed by atoms with Gasteiger partial charge in [-0.05, 0) is 44.5 Å². The number of hydrogen-bond donors (Lipinski definition) is 2. The summed E-state index contributed by atoms with van der Waals surface area (Å²) in [6.07, 6.45) is -8.66. The summed E-state index contributed by atoms with van der Waals surface area (Å²) in [7, 11) is 0. The molecule has 0 aliphatic carbocycles. The van der Waals surface area contributed by atoms with Gasteiger partial charge in [-0.1, -0.05) is 6.07 Å². The molecule has 4 rings (SSSR count). The minimum atomic E-state index is -5.08. The normalized spacial score (nSPS) is 18.6. The van der Waals surface area contributed by atoms with Gasteiger partial charge in [-0.2, -0.15) is 26.3 Å². The molecule has 0 bridgehead atoms. The number of halogens is 6. The predicted octanol–water partition coefficient (Wildman–Crippen LogP) is 4.83. The number of alkyl halides is 6. The zero-order valence-corrected chi connectivity index (χ0v) is 21.1. The molecule has 1 atom stereocenters. The number of aryl methyl sites for hydroxylation is 2. The molecule has 212 valence electrons. The van der Waals surface area contributed by atoms with Crippen LogP contribution in [0.3, 0.4) is 0 Å². The van der Waals surface area contributed by atoms with Gasteiger partial charge in [-0.25, -0.2) is 9.59 Å². The molecular weight excluding hydrogens is 546 g/mol. The lowest BCUT2D eigenvalue weighted by Crippen LogP contribution is -2.58. The van der Waals surface area contributed by atoms with Crippen molar-refractivity contribution < 1.29 is 55.3 Å². The largest absolute Gasteiger partial charge is 0.490 e. The van der Waals surface area contributed by atoms with Crippen LogP contribution in [-0.4, -0.2) is 74.1 Å². The van der Waals surface area contributed by atoms with E-state index in [0.29, 0.717) is 17.5 Å². The fourth-order valence-corrected chi connectivity index (χ4v) is 5.29. The molecule has 2 aliphatic heterocycles. The maximum atomic E-state index is 10.6. The number of carboxylic acids is 2. The van der Waals surface area contributed by atoms with Crippen LogP contribution in [0.1, 0.15) is 29.3 Å². The van der Waals surface area contributed by atoms with E-state index in [9.17, 15) is 26.3 Å². The summed E-state index contributed by atoms with van der Waals surface area (Å²) < 4.78 is 75.7. The van der Waals surface area contributed by atoms with Crippen molar-refractivity contribution in [1.29, 1.82) is 0 Å². The summed E-state index contributed by atoms with van der Waals surface area (Å²) in [4.78, 5) is 24.8. The lowest BCUT2D eigenvalue weighted by molar-refractivity contribution is -0.193. The third-order valence-electron chi connectivity index (χ3n) is 5.27. The minimum Gasteiger partial charge on any atom is -0.475 e. The summed E-state index contributed by atoms with van der Waals surface area (Å²) >= 11 is 2.08. The molecule has 0 aromatic carbocycles. The van der Waals surface area contributed by atoms with Crippen molar-refractivity contribution in [2.24, 2.45) is 0 Å². The van der Waals surface area contributed by atoms with Gasteiger partial charge in [-0.3, -0.25) is 9.88 Å². The van der Waals surface area contributed by atoms with E-state index >= 15 is 0 Å². The third kappa shape index (κ3) is 10.2. The summed E-state index contributed by atoms with van der Waals surface area (Å²) in [5.41, 5.74) is 2.08. The highest BCUT2D eigenvalue weighted by atomic mass is 32.2. The van der Waals surface area contributed by atoms with Gasteiger partial charge < -0.3 is 19.4 Å². The van der Waals surface area contributed by atoms with Gasteiger partial charge in [-0.15, -0.1) is 11.8 Å². The molecule has 38 heavy (non-hydrogen) atoms. The van der Waals surface area contributed by atoms with Crippen molar-refractivity contribution in [1.82, 2.24) is 9.88 Å². The Bertz CT molecular complexity index is 1060. The zero-order valence-electron chi connectivity index (χ0n) is 20.3. The monoisotopic (exact) mass is 572 g/mol. The molecule has 2 fully saturated rings. The average Bonchev–Trinajstić information content (AvgIpc) is 3.38. The first-order valence-electron chi connectivity index (χ1n) is 11.0. The highest BCUT2D eigenvalue weighted by Gasteiger charge is 2.49. The van der Waals surface area contributed by atoms with E-state index in [1.165, 1.54) is 0 Å². The number of rotatable bonds is 5. The summed E-state index contributed by atoms with van der Waals surface area (Å²) in [6.45, 7) is 7.85. The SMILES string of the molecule is Cc1cccc(COC2CSC3(C2)CN(Cc2ccc(C)o2)C3)n1.O=C(O)C(F)(F)F.O=C(O)C(F)(F)F. The molecule has 4 heterocycles. The van der Waals surface area contributed by atoms with Crippen LogP contribution in [0, 0.1) is 13.8 Å². The average molecular weight is 573 g/mol. The number of nitrogens with zero attached hydrogens (tertiary/aromatic N) is 2. The number of aromatic nitrogens is 1. The van der Waals surface area contributed by atoms with Crippen LogP contribution in [-0.2, 0) is 27.5 Å². The fourth-order valence-electron chi connectivity index (χ4n) is 3.68. The Balaban J connectivity index is 0.000000301.